The summed E-state index contributed by atoms with van der Waals surface area (Å²) in [7, 11) is 0. The van der Waals surface area contributed by atoms with Crippen LogP contribution in [0.3, 0.4) is 0 Å². The normalized spacial score (nSPS) is 18.6. The number of hydrogen-bond acceptors (Lipinski definition) is 1. The van der Waals surface area contributed by atoms with Crippen LogP contribution in [0.1, 0.15) is 36.8 Å². The molecule has 1 aromatic carbocycles. The van der Waals surface area contributed by atoms with Gasteiger partial charge in [0.15, 0.2) is 0 Å². The Balaban J connectivity index is 2.37. The average Bonchev–Trinajstić information content (AvgIpc) is 2.16. The predicted octanol–water partition coefficient (Wildman–Crippen LogP) is 2.90. The second-order valence-corrected chi connectivity index (χ2v) is 4.66. The fourth-order valence-corrected chi connectivity index (χ4v) is 2.58. The summed E-state index contributed by atoms with van der Waals surface area (Å²) in [5.41, 5.74) is 7.70. The molecule has 1 nitrogen and oxygen atoms in total. The van der Waals surface area contributed by atoms with Crippen LogP contribution in [-0.2, 0) is 5.41 Å². The van der Waals surface area contributed by atoms with Crippen molar-refractivity contribution in [2.75, 3.05) is 6.54 Å². The van der Waals surface area contributed by atoms with E-state index in [-0.39, 0.29) is 11.2 Å². The molecule has 0 atom stereocenters. The van der Waals surface area contributed by atoms with Crippen LogP contribution in [-0.4, -0.2) is 6.54 Å². The highest BCUT2D eigenvalue weighted by molar-refractivity contribution is 5.33. The molecule has 0 spiro atoms. The molecule has 2 rings (SSSR count). The first-order valence-corrected chi connectivity index (χ1v) is 5.65. The van der Waals surface area contributed by atoms with E-state index in [9.17, 15) is 4.39 Å². The molecular formula is C13H18FN. The van der Waals surface area contributed by atoms with Gasteiger partial charge in [0.2, 0.25) is 0 Å². The van der Waals surface area contributed by atoms with Crippen molar-refractivity contribution < 1.29 is 4.39 Å². The Bertz CT molecular complexity index is 356. The quantitative estimate of drug-likeness (QED) is 0.810. The molecule has 1 aromatic rings. The minimum Gasteiger partial charge on any atom is -0.330 e. The average molecular weight is 207 g/mol. The van der Waals surface area contributed by atoms with E-state index in [2.05, 4.69) is 0 Å². The van der Waals surface area contributed by atoms with E-state index in [1.807, 2.05) is 19.1 Å². The second kappa shape index (κ2) is 3.93. The second-order valence-electron chi connectivity index (χ2n) is 4.66. The van der Waals surface area contributed by atoms with Gasteiger partial charge in [-0.15, -0.1) is 0 Å². The molecule has 0 radical (unpaired) electrons. The third kappa shape index (κ3) is 1.78. The standard InChI is InChI=1S/C13H18FN/c1-10-3-4-12(14)11(9-10)13(7-8-15)5-2-6-13/h3-4,9H,2,5-8,15H2,1H3. The molecule has 2 N–H and O–H groups in total. The van der Waals surface area contributed by atoms with Crippen molar-refractivity contribution in [1.29, 1.82) is 0 Å². The Kier molecular flexibility index (Phi) is 2.79. The molecule has 82 valence electrons. The number of hydrogen-bond donors (Lipinski definition) is 1. The molecule has 0 bridgehead atoms. The van der Waals surface area contributed by atoms with E-state index >= 15 is 0 Å². The molecule has 1 saturated carbocycles. The number of nitrogens with two attached hydrogens (primary N) is 1. The highest BCUT2D eigenvalue weighted by Gasteiger charge is 2.39. The van der Waals surface area contributed by atoms with Crippen molar-refractivity contribution in [3.63, 3.8) is 0 Å². The fourth-order valence-electron chi connectivity index (χ4n) is 2.58. The molecule has 0 saturated heterocycles. The predicted molar refractivity (Wildman–Crippen MR) is 60.3 cm³/mol. The zero-order valence-corrected chi connectivity index (χ0v) is 9.22. The van der Waals surface area contributed by atoms with E-state index in [0.717, 1.165) is 30.4 Å². The molecule has 1 fully saturated rings. The smallest absolute Gasteiger partial charge is 0.126 e. The van der Waals surface area contributed by atoms with E-state index in [1.54, 1.807) is 6.07 Å². The molecule has 15 heavy (non-hydrogen) atoms. The summed E-state index contributed by atoms with van der Waals surface area (Å²) in [6, 6.07) is 5.40. The van der Waals surface area contributed by atoms with Crippen LogP contribution in [0.15, 0.2) is 18.2 Å². The topological polar surface area (TPSA) is 26.0 Å². The van der Waals surface area contributed by atoms with Crippen LogP contribution < -0.4 is 5.73 Å². The Morgan fingerprint density at radius 3 is 2.67 bits per heavy atom. The molecule has 1 aliphatic rings. The Morgan fingerprint density at radius 2 is 2.13 bits per heavy atom. The summed E-state index contributed by atoms with van der Waals surface area (Å²) in [5.74, 6) is -0.0613. The number of benzene rings is 1. The Morgan fingerprint density at radius 1 is 1.40 bits per heavy atom. The highest BCUT2D eigenvalue weighted by atomic mass is 19.1. The van der Waals surface area contributed by atoms with E-state index < -0.39 is 0 Å². The summed E-state index contributed by atoms with van der Waals surface area (Å²) in [6.07, 6.45) is 4.29. The first-order chi connectivity index (χ1) is 7.18. The maximum atomic E-state index is 13.8. The summed E-state index contributed by atoms with van der Waals surface area (Å²) in [6.45, 7) is 2.66. The van der Waals surface area contributed by atoms with Gasteiger partial charge in [0, 0.05) is 0 Å². The maximum absolute atomic E-state index is 13.8. The minimum atomic E-state index is -0.0613. The lowest BCUT2D eigenvalue weighted by molar-refractivity contribution is 0.222. The van der Waals surface area contributed by atoms with Gasteiger partial charge in [-0.2, -0.15) is 0 Å². The van der Waals surface area contributed by atoms with E-state index in [4.69, 9.17) is 5.73 Å². The van der Waals surface area contributed by atoms with Crippen LogP contribution >= 0.6 is 0 Å². The van der Waals surface area contributed by atoms with Gasteiger partial charge in [-0.25, -0.2) is 4.39 Å². The third-order valence-electron chi connectivity index (χ3n) is 3.63. The molecule has 1 aliphatic carbocycles. The Hall–Kier alpha value is -0.890. The van der Waals surface area contributed by atoms with Crippen molar-refractivity contribution in [2.24, 2.45) is 5.73 Å². The van der Waals surface area contributed by atoms with Crippen molar-refractivity contribution in [3.8, 4) is 0 Å². The summed E-state index contributed by atoms with van der Waals surface area (Å²) in [4.78, 5) is 0. The van der Waals surface area contributed by atoms with Gasteiger partial charge in [0.1, 0.15) is 5.82 Å². The molecule has 0 heterocycles. The highest BCUT2D eigenvalue weighted by Crippen LogP contribution is 2.47. The lowest BCUT2D eigenvalue weighted by Gasteiger charge is -2.42. The largest absolute Gasteiger partial charge is 0.330 e. The van der Waals surface area contributed by atoms with Crippen molar-refractivity contribution >= 4 is 0 Å². The van der Waals surface area contributed by atoms with Crippen molar-refractivity contribution in [3.05, 3.63) is 35.1 Å². The fraction of sp³-hybridized carbons (Fsp3) is 0.538. The van der Waals surface area contributed by atoms with Crippen LogP contribution in [0.5, 0.6) is 0 Å². The maximum Gasteiger partial charge on any atom is 0.126 e. The zero-order valence-electron chi connectivity index (χ0n) is 9.22. The van der Waals surface area contributed by atoms with Crippen LogP contribution in [0, 0.1) is 12.7 Å². The third-order valence-corrected chi connectivity index (χ3v) is 3.63. The molecule has 2 heteroatoms. The van der Waals surface area contributed by atoms with Gasteiger partial charge in [0.05, 0.1) is 0 Å². The summed E-state index contributed by atoms with van der Waals surface area (Å²) >= 11 is 0. The van der Waals surface area contributed by atoms with E-state index in [1.165, 1.54) is 6.42 Å². The van der Waals surface area contributed by atoms with Gasteiger partial charge in [0.25, 0.3) is 0 Å². The zero-order chi connectivity index (χ0) is 10.9. The van der Waals surface area contributed by atoms with Gasteiger partial charge in [-0.3, -0.25) is 0 Å². The minimum absolute atomic E-state index is 0.0465. The van der Waals surface area contributed by atoms with Gasteiger partial charge < -0.3 is 5.73 Å². The number of rotatable bonds is 3. The van der Waals surface area contributed by atoms with Crippen LogP contribution in [0.25, 0.3) is 0 Å². The molecule has 0 unspecified atom stereocenters. The lowest BCUT2D eigenvalue weighted by atomic mass is 9.62. The Labute approximate surface area is 90.5 Å². The summed E-state index contributed by atoms with van der Waals surface area (Å²) < 4.78 is 13.8. The first kappa shape index (κ1) is 10.6. The van der Waals surface area contributed by atoms with Crippen molar-refractivity contribution in [1.82, 2.24) is 0 Å². The molecule has 0 aromatic heterocycles. The van der Waals surface area contributed by atoms with Crippen molar-refractivity contribution in [2.45, 2.75) is 38.0 Å². The first-order valence-electron chi connectivity index (χ1n) is 5.65. The SMILES string of the molecule is Cc1ccc(F)c(C2(CCN)CCC2)c1. The molecular weight excluding hydrogens is 189 g/mol. The van der Waals surface area contributed by atoms with Crippen LogP contribution in [0.4, 0.5) is 4.39 Å². The lowest BCUT2D eigenvalue weighted by Crippen LogP contribution is -2.37. The summed E-state index contributed by atoms with van der Waals surface area (Å²) in [5, 5.41) is 0. The van der Waals surface area contributed by atoms with E-state index in [0.29, 0.717) is 6.54 Å². The number of halogens is 1. The molecule has 0 aliphatic heterocycles. The number of aryl methyl sites for hydroxylation is 1. The van der Waals surface area contributed by atoms with Gasteiger partial charge in [-0.05, 0) is 49.8 Å². The molecule has 0 amide bonds. The van der Waals surface area contributed by atoms with Gasteiger partial charge in [-0.1, -0.05) is 24.1 Å². The van der Waals surface area contributed by atoms with Crippen LogP contribution in [0.2, 0.25) is 0 Å². The van der Waals surface area contributed by atoms with Gasteiger partial charge >= 0.3 is 0 Å². The monoisotopic (exact) mass is 207 g/mol.